The fourth-order valence-electron chi connectivity index (χ4n) is 1.46. The number of hydrogen-bond donors (Lipinski definition) is 0. The molecule has 1 heterocycles. The zero-order valence-electron chi connectivity index (χ0n) is 9.92. The van der Waals surface area contributed by atoms with Crippen molar-refractivity contribution < 1.29 is 17.6 Å². The van der Waals surface area contributed by atoms with Crippen LogP contribution in [-0.2, 0) is 12.1 Å². The molecule has 0 fully saturated rings. The molecule has 2 aromatic rings. The molecule has 0 spiro atoms. The SMILES string of the molecule is Fc1cc(C(F)(F)F)ccc1C=Cc1nc(CCl)cs1. The second-order valence-electron chi connectivity index (χ2n) is 3.88. The third kappa shape index (κ3) is 3.58. The van der Waals surface area contributed by atoms with E-state index in [2.05, 4.69) is 4.98 Å². The summed E-state index contributed by atoms with van der Waals surface area (Å²) < 4.78 is 50.7. The van der Waals surface area contributed by atoms with Gasteiger partial charge in [-0.1, -0.05) is 6.07 Å². The van der Waals surface area contributed by atoms with E-state index in [9.17, 15) is 17.6 Å². The fourth-order valence-corrected chi connectivity index (χ4v) is 2.40. The number of nitrogens with zero attached hydrogens (tertiary/aromatic N) is 1. The van der Waals surface area contributed by atoms with Crippen molar-refractivity contribution in [2.75, 3.05) is 0 Å². The Bertz CT molecular complexity index is 634. The molecule has 0 aliphatic rings. The van der Waals surface area contributed by atoms with Gasteiger partial charge in [-0.3, -0.25) is 0 Å². The number of benzene rings is 1. The van der Waals surface area contributed by atoms with Gasteiger partial charge >= 0.3 is 6.18 Å². The molecule has 0 bridgehead atoms. The van der Waals surface area contributed by atoms with Crippen LogP contribution in [0.15, 0.2) is 23.6 Å². The molecule has 0 atom stereocenters. The molecule has 0 unspecified atom stereocenters. The maximum atomic E-state index is 13.6. The Kier molecular flexibility index (Phi) is 4.45. The number of aromatic nitrogens is 1. The molecule has 0 aliphatic heterocycles. The van der Waals surface area contributed by atoms with E-state index in [1.165, 1.54) is 23.5 Å². The van der Waals surface area contributed by atoms with Gasteiger partial charge in [-0.05, 0) is 24.3 Å². The van der Waals surface area contributed by atoms with E-state index in [-0.39, 0.29) is 11.4 Å². The molecule has 0 amide bonds. The zero-order valence-corrected chi connectivity index (χ0v) is 11.5. The van der Waals surface area contributed by atoms with E-state index >= 15 is 0 Å². The number of alkyl halides is 4. The Balaban J connectivity index is 2.21. The second-order valence-corrected chi connectivity index (χ2v) is 5.04. The van der Waals surface area contributed by atoms with Gasteiger partial charge < -0.3 is 0 Å². The molecular formula is C13H8ClF4NS. The van der Waals surface area contributed by atoms with Crippen molar-refractivity contribution in [2.24, 2.45) is 0 Å². The van der Waals surface area contributed by atoms with Gasteiger partial charge in [0.05, 0.1) is 17.1 Å². The number of halogens is 5. The number of hydrogen-bond acceptors (Lipinski definition) is 2. The lowest BCUT2D eigenvalue weighted by Crippen LogP contribution is -2.05. The predicted octanol–water partition coefficient (Wildman–Crippen LogP) is 5.21. The first kappa shape index (κ1) is 15.0. The van der Waals surface area contributed by atoms with Crippen LogP contribution in [0.3, 0.4) is 0 Å². The van der Waals surface area contributed by atoms with E-state index in [0.717, 1.165) is 12.1 Å². The average Bonchev–Trinajstić information content (AvgIpc) is 2.84. The molecule has 7 heteroatoms. The van der Waals surface area contributed by atoms with E-state index in [4.69, 9.17) is 11.6 Å². The summed E-state index contributed by atoms with van der Waals surface area (Å²) in [7, 11) is 0. The average molecular weight is 322 g/mol. The Labute approximate surface area is 121 Å². The summed E-state index contributed by atoms with van der Waals surface area (Å²) in [5.74, 6) is -0.649. The summed E-state index contributed by atoms with van der Waals surface area (Å²) in [6.45, 7) is 0. The lowest BCUT2D eigenvalue weighted by molar-refractivity contribution is -0.137. The monoisotopic (exact) mass is 321 g/mol. The van der Waals surface area contributed by atoms with Crippen LogP contribution in [0, 0.1) is 5.82 Å². The molecule has 0 aliphatic carbocycles. The lowest BCUT2D eigenvalue weighted by Gasteiger charge is -2.07. The predicted molar refractivity (Wildman–Crippen MR) is 72.0 cm³/mol. The second kappa shape index (κ2) is 5.93. The summed E-state index contributed by atoms with van der Waals surface area (Å²) in [6.07, 6.45) is -1.63. The number of thiazole rings is 1. The minimum atomic E-state index is -4.55. The summed E-state index contributed by atoms with van der Waals surface area (Å²) in [4.78, 5) is 4.13. The van der Waals surface area contributed by atoms with E-state index in [0.29, 0.717) is 16.8 Å². The summed E-state index contributed by atoms with van der Waals surface area (Å²) in [5, 5.41) is 2.37. The Morgan fingerprint density at radius 2 is 2.00 bits per heavy atom. The molecule has 0 radical (unpaired) electrons. The topological polar surface area (TPSA) is 12.9 Å². The molecular weight excluding hydrogens is 314 g/mol. The first-order valence-corrected chi connectivity index (χ1v) is 6.87. The highest BCUT2D eigenvalue weighted by Gasteiger charge is 2.30. The van der Waals surface area contributed by atoms with Gasteiger partial charge in [-0.25, -0.2) is 9.37 Å². The molecule has 1 nitrogen and oxygen atoms in total. The smallest absolute Gasteiger partial charge is 0.240 e. The molecule has 0 saturated carbocycles. The Morgan fingerprint density at radius 1 is 1.25 bits per heavy atom. The van der Waals surface area contributed by atoms with Crippen molar-refractivity contribution in [3.8, 4) is 0 Å². The highest BCUT2D eigenvalue weighted by molar-refractivity contribution is 7.10. The maximum Gasteiger partial charge on any atom is 0.416 e. The van der Waals surface area contributed by atoms with Crippen LogP contribution >= 0.6 is 22.9 Å². The first-order valence-electron chi connectivity index (χ1n) is 5.45. The van der Waals surface area contributed by atoms with Gasteiger partial charge in [0.25, 0.3) is 0 Å². The molecule has 1 aromatic heterocycles. The Hall–Kier alpha value is -1.40. The van der Waals surface area contributed by atoms with Gasteiger partial charge in [-0.15, -0.1) is 22.9 Å². The van der Waals surface area contributed by atoms with Gasteiger partial charge in [0, 0.05) is 10.9 Å². The van der Waals surface area contributed by atoms with Crippen LogP contribution in [0.1, 0.15) is 21.8 Å². The van der Waals surface area contributed by atoms with Crippen LogP contribution in [-0.4, -0.2) is 4.98 Å². The normalized spacial score (nSPS) is 12.2. The summed E-state index contributed by atoms with van der Waals surface area (Å²) in [5.41, 5.74) is -0.240. The summed E-state index contributed by atoms with van der Waals surface area (Å²) in [6, 6.07) is 2.41. The number of rotatable bonds is 3. The quantitative estimate of drug-likeness (QED) is 0.558. The van der Waals surface area contributed by atoms with Crippen LogP contribution in [0.2, 0.25) is 0 Å². The molecule has 0 saturated heterocycles. The van der Waals surface area contributed by atoms with Crippen molar-refractivity contribution in [3.63, 3.8) is 0 Å². The lowest BCUT2D eigenvalue weighted by atomic mass is 10.1. The first-order chi connectivity index (χ1) is 9.40. The maximum absolute atomic E-state index is 13.6. The molecule has 2 rings (SSSR count). The third-order valence-electron chi connectivity index (χ3n) is 2.44. The van der Waals surface area contributed by atoms with E-state index in [1.807, 2.05) is 0 Å². The van der Waals surface area contributed by atoms with Crippen LogP contribution < -0.4 is 0 Å². The van der Waals surface area contributed by atoms with Crippen molar-refractivity contribution in [1.82, 2.24) is 4.98 Å². The van der Waals surface area contributed by atoms with E-state index in [1.54, 1.807) is 5.38 Å². The van der Waals surface area contributed by atoms with Crippen molar-refractivity contribution in [3.05, 3.63) is 51.2 Å². The highest BCUT2D eigenvalue weighted by Crippen LogP contribution is 2.30. The largest absolute Gasteiger partial charge is 0.416 e. The standard InChI is InChI=1S/C13H8ClF4NS/c14-6-10-7-20-12(19-10)4-2-8-1-3-9(5-11(8)15)13(16,17)18/h1-5,7H,6H2. The minimum Gasteiger partial charge on any atom is -0.240 e. The molecule has 20 heavy (non-hydrogen) atoms. The van der Waals surface area contributed by atoms with Gasteiger partial charge in [0.15, 0.2) is 0 Å². The van der Waals surface area contributed by atoms with Crippen molar-refractivity contribution in [1.29, 1.82) is 0 Å². The third-order valence-corrected chi connectivity index (χ3v) is 3.57. The Morgan fingerprint density at radius 3 is 2.55 bits per heavy atom. The van der Waals surface area contributed by atoms with Gasteiger partial charge in [0.2, 0.25) is 0 Å². The van der Waals surface area contributed by atoms with E-state index < -0.39 is 17.6 Å². The van der Waals surface area contributed by atoms with Crippen molar-refractivity contribution in [2.45, 2.75) is 12.1 Å². The van der Waals surface area contributed by atoms with Crippen molar-refractivity contribution >= 4 is 35.1 Å². The highest BCUT2D eigenvalue weighted by atomic mass is 35.5. The zero-order chi connectivity index (χ0) is 14.8. The van der Waals surface area contributed by atoms with Crippen LogP contribution in [0.25, 0.3) is 12.2 Å². The molecule has 0 N–H and O–H groups in total. The molecule has 106 valence electrons. The van der Waals surface area contributed by atoms with Gasteiger partial charge in [0.1, 0.15) is 10.8 Å². The van der Waals surface area contributed by atoms with Crippen LogP contribution in [0.4, 0.5) is 17.6 Å². The summed E-state index contributed by atoms with van der Waals surface area (Å²) >= 11 is 6.92. The van der Waals surface area contributed by atoms with Crippen LogP contribution in [0.5, 0.6) is 0 Å². The molecule has 1 aromatic carbocycles. The fraction of sp³-hybridized carbons (Fsp3) is 0.154. The van der Waals surface area contributed by atoms with Gasteiger partial charge in [-0.2, -0.15) is 13.2 Å². The minimum absolute atomic E-state index is 0.0700.